The molecule has 0 fully saturated rings. The van der Waals surface area contributed by atoms with Crippen LogP contribution in [-0.4, -0.2) is 34.8 Å². The van der Waals surface area contributed by atoms with Crippen LogP contribution in [0.3, 0.4) is 0 Å². The van der Waals surface area contributed by atoms with Gasteiger partial charge in [-0.3, -0.25) is 14.6 Å². The first-order chi connectivity index (χ1) is 12.7. The summed E-state index contributed by atoms with van der Waals surface area (Å²) in [7, 11) is 0. The molecule has 0 saturated heterocycles. The summed E-state index contributed by atoms with van der Waals surface area (Å²) in [5.41, 5.74) is 9.29. The van der Waals surface area contributed by atoms with Gasteiger partial charge in [0.15, 0.2) is 10.8 Å². The molecule has 0 aliphatic rings. The summed E-state index contributed by atoms with van der Waals surface area (Å²) in [6.45, 7) is 0.634. The number of thiocarbonyl (C=S) groups is 1. The lowest BCUT2D eigenvalue weighted by atomic mass is 10.2. The second-order valence-electron chi connectivity index (χ2n) is 5.57. The summed E-state index contributed by atoms with van der Waals surface area (Å²) in [6, 6.07) is 7.47. The van der Waals surface area contributed by atoms with Crippen LogP contribution in [0.2, 0.25) is 0 Å². The molecule has 0 aliphatic carbocycles. The van der Waals surface area contributed by atoms with Crippen LogP contribution in [0.15, 0.2) is 55.2 Å². The fourth-order valence-electron chi connectivity index (χ4n) is 2.49. The van der Waals surface area contributed by atoms with Crippen LogP contribution >= 0.6 is 12.2 Å². The molecule has 4 rings (SSSR count). The monoisotopic (exact) mass is 362 g/mol. The molecule has 0 saturated carbocycles. The fourth-order valence-corrected chi connectivity index (χ4v) is 2.60. The minimum absolute atomic E-state index is 0.151. The topological polar surface area (TPSA) is 107 Å². The Morgan fingerprint density at radius 3 is 2.88 bits per heavy atom. The van der Waals surface area contributed by atoms with Crippen LogP contribution in [0, 0.1) is 0 Å². The molecule has 0 bridgehead atoms. The van der Waals surface area contributed by atoms with Gasteiger partial charge in [-0.15, -0.1) is 0 Å². The van der Waals surface area contributed by atoms with Crippen molar-refractivity contribution in [1.29, 1.82) is 0 Å². The highest BCUT2D eigenvalue weighted by molar-refractivity contribution is 7.80. The number of aromatic nitrogens is 6. The van der Waals surface area contributed by atoms with Gasteiger partial charge in [-0.25, -0.2) is 9.97 Å². The Morgan fingerprint density at radius 1 is 1.15 bits per heavy atom. The first kappa shape index (κ1) is 16.0. The first-order valence-corrected chi connectivity index (χ1v) is 8.20. The van der Waals surface area contributed by atoms with Crippen molar-refractivity contribution in [2.45, 2.75) is 6.54 Å². The highest BCUT2D eigenvalue weighted by Crippen LogP contribution is 2.19. The van der Waals surface area contributed by atoms with Gasteiger partial charge in [0.1, 0.15) is 11.3 Å². The lowest BCUT2D eigenvalue weighted by Crippen LogP contribution is -2.19. The average molecular weight is 362 g/mol. The van der Waals surface area contributed by atoms with Crippen molar-refractivity contribution in [3.05, 3.63) is 60.8 Å². The lowest BCUT2D eigenvalue weighted by molar-refractivity contribution is 0.685. The van der Waals surface area contributed by atoms with Crippen molar-refractivity contribution in [3.63, 3.8) is 0 Å². The Balaban J connectivity index is 1.63. The van der Waals surface area contributed by atoms with Gasteiger partial charge in [0.2, 0.25) is 0 Å². The van der Waals surface area contributed by atoms with Crippen molar-refractivity contribution >= 4 is 34.3 Å². The lowest BCUT2D eigenvalue weighted by Gasteiger charge is -2.04. The number of nitrogens with zero attached hydrogens (tertiary/aromatic N) is 6. The summed E-state index contributed by atoms with van der Waals surface area (Å²) in [6.07, 6.45) is 8.94. The van der Waals surface area contributed by atoms with Gasteiger partial charge < -0.3 is 11.1 Å². The van der Waals surface area contributed by atoms with Gasteiger partial charge >= 0.3 is 0 Å². The molecule has 3 N–H and O–H groups in total. The van der Waals surface area contributed by atoms with Gasteiger partial charge in [0.25, 0.3) is 0 Å². The van der Waals surface area contributed by atoms with Gasteiger partial charge in [-0.1, -0.05) is 6.07 Å². The van der Waals surface area contributed by atoms with Gasteiger partial charge in [0, 0.05) is 24.2 Å². The quantitative estimate of drug-likeness (QED) is 0.531. The molecular formula is C17H14N8S. The molecule has 26 heavy (non-hydrogen) atoms. The van der Waals surface area contributed by atoms with Gasteiger partial charge in [-0.2, -0.15) is 5.10 Å². The number of hydrogen-bond acceptors (Lipinski definition) is 6. The Bertz CT molecular complexity index is 1080. The Kier molecular flexibility index (Phi) is 4.20. The largest absolute Gasteiger partial charge is 0.376 e. The highest BCUT2D eigenvalue weighted by Gasteiger charge is 2.08. The predicted molar refractivity (Wildman–Crippen MR) is 102 cm³/mol. The molecule has 4 heterocycles. The molecule has 0 amide bonds. The number of rotatable bonds is 4. The van der Waals surface area contributed by atoms with E-state index < -0.39 is 0 Å². The van der Waals surface area contributed by atoms with E-state index in [2.05, 4.69) is 30.4 Å². The van der Waals surface area contributed by atoms with E-state index in [0.717, 1.165) is 11.1 Å². The number of hydrogen-bond donors (Lipinski definition) is 2. The zero-order valence-corrected chi connectivity index (χ0v) is 14.4. The van der Waals surface area contributed by atoms with E-state index in [1.165, 1.54) is 0 Å². The van der Waals surface area contributed by atoms with Gasteiger partial charge in [-0.05, 0) is 36.0 Å². The molecule has 0 spiro atoms. The summed E-state index contributed by atoms with van der Waals surface area (Å²) in [4.78, 5) is 17.5. The third-order valence-electron chi connectivity index (χ3n) is 3.65. The second-order valence-corrected chi connectivity index (χ2v) is 6.01. The molecule has 0 aliphatic heterocycles. The fraction of sp³-hybridized carbons (Fsp3) is 0.0588. The molecule has 0 radical (unpaired) electrons. The molecular weight excluding hydrogens is 348 g/mol. The smallest absolute Gasteiger partial charge is 0.180 e. The number of fused-ring (bicyclic) bond motifs is 1. The number of nitrogens with one attached hydrogen (secondary N) is 1. The maximum absolute atomic E-state index is 5.48. The first-order valence-electron chi connectivity index (χ1n) is 7.79. The van der Waals surface area contributed by atoms with Crippen molar-refractivity contribution in [2.75, 3.05) is 5.32 Å². The number of nitrogens with two attached hydrogens (primary N) is 1. The van der Waals surface area contributed by atoms with E-state index in [-0.39, 0.29) is 5.11 Å². The summed E-state index contributed by atoms with van der Waals surface area (Å²) >= 11 is 4.83. The second kappa shape index (κ2) is 6.81. The van der Waals surface area contributed by atoms with E-state index in [1.54, 1.807) is 24.7 Å². The van der Waals surface area contributed by atoms with E-state index in [4.69, 9.17) is 18.0 Å². The molecule has 9 heteroatoms. The third-order valence-corrected chi connectivity index (χ3v) is 3.76. The van der Waals surface area contributed by atoms with Crippen LogP contribution < -0.4 is 11.1 Å². The van der Waals surface area contributed by atoms with E-state index >= 15 is 0 Å². The number of pyridine rings is 2. The van der Waals surface area contributed by atoms with Crippen molar-refractivity contribution in [2.24, 2.45) is 5.73 Å². The number of anilines is 1. The Labute approximate surface area is 154 Å². The Morgan fingerprint density at radius 2 is 2.08 bits per heavy atom. The third kappa shape index (κ3) is 3.47. The highest BCUT2D eigenvalue weighted by atomic mass is 32.1. The standard InChI is InChI=1S/C17H14N8S/c18-17(26)24-15-4-3-13-16(23-15)22-14(8-20-13)12-7-21-25(10-12)9-11-2-1-5-19-6-11/h1-8,10H,9H2,(H3,18,22,23,24,26). The van der Waals surface area contributed by atoms with E-state index in [1.807, 2.05) is 35.3 Å². The van der Waals surface area contributed by atoms with Crippen LogP contribution in [-0.2, 0) is 6.54 Å². The molecule has 0 aromatic carbocycles. The molecule has 0 unspecified atom stereocenters. The minimum Gasteiger partial charge on any atom is -0.376 e. The van der Waals surface area contributed by atoms with Crippen LogP contribution in [0.5, 0.6) is 0 Å². The van der Waals surface area contributed by atoms with Gasteiger partial charge in [0.05, 0.1) is 24.6 Å². The minimum atomic E-state index is 0.151. The van der Waals surface area contributed by atoms with E-state index in [0.29, 0.717) is 29.2 Å². The van der Waals surface area contributed by atoms with E-state index in [9.17, 15) is 0 Å². The van der Waals surface area contributed by atoms with Crippen LogP contribution in [0.1, 0.15) is 5.56 Å². The molecule has 128 valence electrons. The molecule has 8 nitrogen and oxygen atoms in total. The predicted octanol–water partition coefficient (Wildman–Crippen LogP) is 1.99. The zero-order valence-electron chi connectivity index (χ0n) is 13.6. The van der Waals surface area contributed by atoms with Crippen molar-refractivity contribution in [3.8, 4) is 11.3 Å². The molecule has 4 aromatic heterocycles. The normalized spacial score (nSPS) is 10.8. The van der Waals surface area contributed by atoms with Crippen LogP contribution in [0.25, 0.3) is 22.4 Å². The molecule has 4 aromatic rings. The average Bonchev–Trinajstić information content (AvgIpc) is 3.10. The summed E-state index contributed by atoms with van der Waals surface area (Å²) in [5, 5.41) is 7.33. The maximum atomic E-state index is 5.48. The summed E-state index contributed by atoms with van der Waals surface area (Å²) in [5.74, 6) is 0.531. The van der Waals surface area contributed by atoms with Crippen molar-refractivity contribution < 1.29 is 0 Å². The summed E-state index contributed by atoms with van der Waals surface area (Å²) < 4.78 is 1.83. The zero-order chi connectivity index (χ0) is 17.9. The molecule has 0 atom stereocenters. The Hall–Kier alpha value is -3.46. The van der Waals surface area contributed by atoms with Crippen molar-refractivity contribution in [1.82, 2.24) is 29.7 Å². The van der Waals surface area contributed by atoms with Crippen LogP contribution in [0.4, 0.5) is 5.82 Å². The SMILES string of the molecule is NC(=S)Nc1ccc2ncc(-c3cnn(Cc4cccnc4)c3)nc2n1. The maximum Gasteiger partial charge on any atom is 0.180 e.